The largest absolute Gasteiger partial charge is 0.371 e. The molecule has 0 unspecified atom stereocenters. The lowest BCUT2D eigenvalue weighted by Gasteiger charge is -2.19. The zero-order valence-electron chi connectivity index (χ0n) is 12.4. The molecule has 0 aromatic carbocycles. The van der Waals surface area contributed by atoms with Crippen LogP contribution < -0.4 is 10.6 Å². The maximum absolute atomic E-state index is 13.9. The summed E-state index contributed by atoms with van der Waals surface area (Å²) in [6.07, 6.45) is 2.49. The molecule has 5 nitrogen and oxygen atoms in total. The van der Waals surface area contributed by atoms with Gasteiger partial charge in [-0.1, -0.05) is 13.8 Å². The maximum Gasteiger partial charge on any atom is 0.254 e. The van der Waals surface area contributed by atoms with Gasteiger partial charge in [0, 0.05) is 26.3 Å². The number of hydrogen-bond acceptors (Lipinski definition) is 4. The van der Waals surface area contributed by atoms with Crippen molar-refractivity contribution in [3.05, 3.63) is 23.6 Å². The average Bonchev–Trinajstić information content (AvgIpc) is 2.46. The van der Waals surface area contributed by atoms with Gasteiger partial charge in [-0.15, -0.1) is 0 Å². The number of rotatable bonds is 8. The molecule has 112 valence electrons. The number of likely N-dealkylation sites (N-methyl/N-ethyl adjacent to an activating group) is 1. The fourth-order valence-electron chi connectivity index (χ4n) is 1.96. The third-order valence-electron chi connectivity index (χ3n) is 3.07. The zero-order valence-corrected chi connectivity index (χ0v) is 12.4. The van der Waals surface area contributed by atoms with Crippen LogP contribution in [0, 0.1) is 5.82 Å². The molecule has 0 spiro atoms. The number of anilines is 1. The van der Waals surface area contributed by atoms with Gasteiger partial charge in [0.2, 0.25) is 0 Å². The number of halogens is 1. The molecule has 0 aliphatic heterocycles. The van der Waals surface area contributed by atoms with Gasteiger partial charge in [-0.05, 0) is 25.6 Å². The summed E-state index contributed by atoms with van der Waals surface area (Å²) in [6, 6.07) is 1.38. The van der Waals surface area contributed by atoms with E-state index < -0.39 is 11.7 Å². The Bertz CT molecular complexity index is 439. The molecule has 0 bridgehead atoms. The summed E-state index contributed by atoms with van der Waals surface area (Å²) in [7, 11) is 1.57. The Kier molecular flexibility index (Phi) is 6.93. The van der Waals surface area contributed by atoms with Crippen molar-refractivity contribution in [2.24, 2.45) is 0 Å². The first-order valence-electron chi connectivity index (χ1n) is 6.96. The van der Waals surface area contributed by atoms with Crippen molar-refractivity contribution in [2.45, 2.75) is 20.3 Å². The van der Waals surface area contributed by atoms with Crippen LogP contribution in [0.15, 0.2) is 12.3 Å². The number of aromatic nitrogens is 1. The lowest BCUT2D eigenvalue weighted by molar-refractivity contribution is 0.0944. The van der Waals surface area contributed by atoms with Gasteiger partial charge < -0.3 is 15.5 Å². The molecule has 0 aliphatic carbocycles. The molecule has 0 saturated heterocycles. The van der Waals surface area contributed by atoms with Crippen molar-refractivity contribution in [2.75, 3.05) is 38.5 Å². The second-order valence-electron chi connectivity index (χ2n) is 4.46. The molecular weight excluding hydrogens is 259 g/mol. The standard InChI is InChI=1S/C14H23FN4O/c1-4-9-19(5-2)10-8-18-14(20)11-6-7-17-13(16-3)12(11)15/h6-7H,4-5,8-10H2,1-3H3,(H,16,17)(H,18,20). The van der Waals surface area contributed by atoms with Crippen LogP contribution in [0.1, 0.15) is 30.6 Å². The van der Waals surface area contributed by atoms with E-state index in [0.717, 1.165) is 26.1 Å². The van der Waals surface area contributed by atoms with Gasteiger partial charge in [0.15, 0.2) is 11.6 Å². The molecule has 20 heavy (non-hydrogen) atoms. The summed E-state index contributed by atoms with van der Waals surface area (Å²) in [4.78, 5) is 18.0. The molecule has 1 heterocycles. The van der Waals surface area contributed by atoms with Gasteiger partial charge >= 0.3 is 0 Å². The average molecular weight is 282 g/mol. The summed E-state index contributed by atoms with van der Waals surface area (Å²) in [6.45, 7) is 7.41. The minimum atomic E-state index is -0.617. The van der Waals surface area contributed by atoms with Gasteiger partial charge in [-0.25, -0.2) is 9.37 Å². The Hall–Kier alpha value is -1.69. The van der Waals surface area contributed by atoms with Crippen molar-refractivity contribution in [3.63, 3.8) is 0 Å². The highest BCUT2D eigenvalue weighted by Gasteiger charge is 2.15. The topological polar surface area (TPSA) is 57.3 Å². The second-order valence-corrected chi connectivity index (χ2v) is 4.46. The van der Waals surface area contributed by atoms with E-state index in [1.165, 1.54) is 12.3 Å². The Labute approximate surface area is 119 Å². The van der Waals surface area contributed by atoms with E-state index in [2.05, 4.69) is 34.4 Å². The molecule has 0 radical (unpaired) electrons. The fourth-order valence-corrected chi connectivity index (χ4v) is 1.96. The summed E-state index contributed by atoms with van der Waals surface area (Å²) >= 11 is 0. The lowest BCUT2D eigenvalue weighted by Crippen LogP contribution is -2.35. The number of carbonyl (C=O) groups excluding carboxylic acids is 1. The number of pyridine rings is 1. The number of amides is 1. The van der Waals surface area contributed by atoms with Crippen molar-refractivity contribution < 1.29 is 9.18 Å². The molecule has 2 N–H and O–H groups in total. The van der Waals surface area contributed by atoms with Gasteiger partial charge in [-0.2, -0.15) is 0 Å². The van der Waals surface area contributed by atoms with Crippen LogP contribution in [0.3, 0.4) is 0 Å². The molecule has 0 aliphatic rings. The zero-order chi connectivity index (χ0) is 15.0. The molecule has 0 fully saturated rings. The summed E-state index contributed by atoms with van der Waals surface area (Å²) < 4.78 is 13.9. The highest BCUT2D eigenvalue weighted by atomic mass is 19.1. The van der Waals surface area contributed by atoms with Crippen LogP contribution in [-0.4, -0.2) is 49.0 Å². The van der Waals surface area contributed by atoms with E-state index >= 15 is 0 Å². The SMILES string of the molecule is CCCN(CC)CCNC(=O)c1ccnc(NC)c1F. The van der Waals surface area contributed by atoms with Crippen molar-refractivity contribution in [3.8, 4) is 0 Å². The summed E-state index contributed by atoms with van der Waals surface area (Å²) in [5.74, 6) is -0.943. The van der Waals surface area contributed by atoms with Crippen LogP contribution in [0.2, 0.25) is 0 Å². The van der Waals surface area contributed by atoms with E-state index in [4.69, 9.17) is 0 Å². The molecule has 6 heteroatoms. The first-order chi connectivity index (χ1) is 9.63. The third kappa shape index (κ3) is 4.45. The molecule has 1 aromatic heterocycles. The third-order valence-corrected chi connectivity index (χ3v) is 3.07. The Morgan fingerprint density at radius 3 is 2.75 bits per heavy atom. The maximum atomic E-state index is 13.9. The molecule has 1 amide bonds. The number of nitrogens with zero attached hydrogens (tertiary/aromatic N) is 2. The van der Waals surface area contributed by atoms with E-state index in [1.54, 1.807) is 7.05 Å². The van der Waals surface area contributed by atoms with Crippen molar-refractivity contribution in [1.29, 1.82) is 0 Å². The van der Waals surface area contributed by atoms with Gasteiger partial charge in [0.05, 0.1) is 5.56 Å². The van der Waals surface area contributed by atoms with Gasteiger partial charge in [0.25, 0.3) is 5.91 Å². The summed E-state index contributed by atoms with van der Waals surface area (Å²) in [5.41, 5.74) is 0.0166. The molecular formula is C14H23FN4O. The van der Waals surface area contributed by atoms with Crippen molar-refractivity contribution >= 4 is 11.7 Å². The smallest absolute Gasteiger partial charge is 0.254 e. The quantitative estimate of drug-likeness (QED) is 0.762. The van der Waals surface area contributed by atoms with E-state index in [-0.39, 0.29) is 11.4 Å². The van der Waals surface area contributed by atoms with Crippen LogP contribution in [0.4, 0.5) is 10.2 Å². The Balaban J connectivity index is 2.55. The number of nitrogens with one attached hydrogen (secondary N) is 2. The highest BCUT2D eigenvalue weighted by molar-refractivity contribution is 5.95. The fraction of sp³-hybridized carbons (Fsp3) is 0.571. The predicted molar refractivity (Wildman–Crippen MR) is 78.5 cm³/mol. The van der Waals surface area contributed by atoms with Gasteiger partial charge in [0.1, 0.15) is 0 Å². The van der Waals surface area contributed by atoms with Crippen molar-refractivity contribution in [1.82, 2.24) is 15.2 Å². The van der Waals surface area contributed by atoms with Gasteiger partial charge in [-0.3, -0.25) is 4.79 Å². The predicted octanol–water partition coefficient (Wildman–Crippen LogP) is 1.72. The Morgan fingerprint density at radius 1 is 1.40 bits per heavy atom. The molecule has 1 aromatic rings. The van der Waals surface area contributed by atoms with Crippen LogP contribution in [-0.2, 0) is 0 Å². The number of hydrogen-bond donors (Lipinski definition) is 2. The second kappa shape index (κ2) is 8.47. The first kappa shape index (κ1) is 16.4. The Morgan fingerprint density at radius 2 is 2.15 bits per heavy atom. The lowest BCUT2D eigenvalue weighted by atomic mass is 10.2. The van der Waals surface area contributed by atoms with Crippen LogP contribution in [0.5, 0.6) is 0 Å². The number of carbonyl (C=O) groups is 1. The molecule has 0 atom stereocenters. The normalized spacial score (nSPS) is 10.7. The first-order valence-corrected chi connectivity index (χ1v) is 6.96. The van der Waals surface area contributed by atoms with Crippen LogP contribution in [0.25, 0.3) is 0 Å². The van der Waals surface area contributed by atoms with E-state index in [9.17, 15) is 9.18 Å². The highest BCUT2D eigenvalue weighted by Crippen LogP contribution is 2.13. The minimum absolute atomic E-state index is 0.0166. The summed E-state index contributed by atoms with van der Waals surface area (Å²) in [5, 5.41) is 5.35. The monoisotopic (exact) mass is 282 g/mol. The minimum Gasteiger partial charge on any atom is -0.371 e. The van der Waals surface area contributed by atoms with E-state index in [1.807, 2.05) is 0 Å². The van der Waals surface area contributed by atoms with E-state index in [0.29, 0.717) is 6.54 Å². The van der Waals surface area contributed by atoms with Crippen LogP contribution >= 0.6 is 0 Å². The molecule has 0 saturated carbocycles. The molecule has 1 rings (SSSR count).